The first-order valence-electron chi connectivity index (χ1n) is 6.81. The topological polar surface area (TPSA) is 29.1 Å². The standard InChI is InChI=1S/C16H20F3NO/c1-10(2)13-9-12(5-7-14(13)16(17,18)19)6-8-15(21)20-11(3)4/h5-11H,1-4H3,(H,20,21)/b8-6+. The molecular formula is C16H20F3NO. The monoisotopic (exact) mass is 299 g/mol. The van der Waals surface area contributed by atoms with E-state index in [-0.39, 0.29) is 23.4 Å². The van der Waals surface area contributed by atoms with E-state index in [1.807, 2.05) is 13.8 Å². The number of alkyl halides is 3. The van der Waals surface area contributed by atoms with E-state index in [4.69, 9.17) is 0 Å². The predicted molar refractivity (Wildman–Crippen MR) is 77.8 cm³/mol. The van der Waals surface area contributed by atoms with Crippen molar-refractivity contribution in [2.24, 2.45) is 0 Å². The fraction of sp³-hybridized carbons (Fsp3) is 0.438. The van der Waals surface area contributed by atoms with Gasteiger partial charge in [-0.1, -0.05) is 26.0 Å². The zero-order valence-electron chi connectivity index (χ0n) is 12.6. The summed E-state index contributed by atoms with van der Waals surface area (Å²) in [7, 11) is 0. The SMILES string of the molecule is CC(C)NC(=O)/C=C/c1ccc(C(F)(F)F)c(C(C)C)c1. The second kappa shape index (κ2) is 6.78. The molecule has 0 aliphatic heterocycles. The van der Waals surface area contributed by atoms with Gasteiger partial charge in [0.05, 0.1) is 5.56 Å². The highest BCUT2D eigenvalue weighted by Gasteiger charge is 2.33. The van der Waals surface area contributed by atoms with Crippen LogP contribution in [0.4, 0.5) is 13.2 Å². The van der Waals surface area contributed by atoms with E-state index in [0.29, 0.717) is 5.56 Å². The summed E-state index contributed by atoms with van der Waals surface area (Å²) >= 11 is 0. The Hall–Kier alpha value is -1.78. The molecule has 0 unspecified atom stereocenters. The van der Waals surface area contributed by atoms with Crippen LogP contribution in [0.15, 0.2) is 24.3 Å². The number of amides is 1. The van der Waals surface area contributed by atoms with Crippen molar-refractivity contribution in [3.63, 3.8) is 0 Å². The van der Waals surface area contributed by atoms with E-state index < -0.39 is 11.7 Å². The molecule has 1 N–H and O–H groups in total. The number of rotatable bonds is 4. The normalized spacial score (nSPS) is 12.4. The molecular weight excluding hydrogens is 279 g/mol. The van der Waals surface area contributed by atoms with Crippen molar-refractivity contribution in [2.75, 3.05) is 0 Å². The molecule has 21 heavy (non-hydrogen) atoms. The summed E-state index contributed by atoms with van der Waals surface area (Å²) < 4.78 is 38.7. The van der Waals surface area contributed by atoms with Crippen molar-refractivity contribution < 1.29 is 18.0 Å². The Labute approximate surface area is 123 Å². The van der Waals surface area contributed by atoms with Crippen LogP contribution in [-0.2, 0) is 11.0 Å². The van der Waals surface area contributed by atoms with Crippen LogP contribution in [0, 0.1) is 0 Å². The maximum Gasteiger partial charge on any atom is 0.416 e. The van der Waals surface area contributed by atoms with E-state index in [1.165, 1.54) is 24.3 Å². The molecule has 0 atom stereocenters. The Kier molecular flexibility index (Phi) is 5.58. The average Bonchev–Trinajstić information content (AvgIpc) is 2.34. The molecule has 1 aromatic carbocycles. The van der Waals surface area contributed by atoms with Gasteiger partial charge in [0.25, 0.3) is 0 Å². The molecule has 1 rings (SSSR count). The lowest BCUT2D eigenvalue weighted by molar-refractivity contribution is -0.138. The predicted octanol–water partition coefficient (Wildman–Crippen LogP) is 4.37. The molecule has 0 spiro atoms. The fourth-order valence-corrected chi connectivity index (χ4v) is 1.93. The number of benzene rings is 1. The Morgan fingerprint density at radius 3 is 2.29 bits per heavy atom. The average molecular weight is 299 g/mol. The van der Waals surface area contributed by atoms with Crippen LogP contribution in [0.25, 0.3) is 6.08 Å². The van der Waals surface area contributed by atoms with E-state index in [0.717, 1.165) is 6.07 Å². The van der Waals surface area contributed by atoms with Crippen LogP contribution >= 0.6 is 0 Å². The largest absolute Gasteiger partial charge is 0.416 e. The summed E-state index contributed by atoms with van der Waals surface area (Å²) in [6.07, 6.45) is -1.52. The zero-order chi connectivity index (χ0) is 16.2. The van der Waals surface area contributed by atoms with Crippen molar-refractivity contribution in [1.82, 2.24) is 5.32 Å². The van der Waals surface area contributed by atoms with E-state index in [9.17, 15) is 18.0 Å². The molecule has 5 heteroatoms. The minimum absolute atomic E-state index is 0.0148. The van der Waals surface area contributed by atoms with Gasteiger partial charge in [0.1, 0.15) is 0 Å². The lowest BCUT2D eigenvalue weighted by Gasteiger charge is -2.16. The van der Waals surface area contributed by atoms with Gasteiger partial charge in [-0.25, -0.2) is 0 Å². The van der Waals surface area contributed by atoms with Crippen molar-refractivity contribution >= 4 is 12.0 Å². The molecule has 116 valence electrons. The number of carbonyl (C=O) groups excluding carboxylic acids is 1. The van der Waals surface area contributed by atoms with Crippen molar-refractivity contribution in [3.8, 4) is 0 Å². The van der Waals surface area contributed by atoms with Gasteiger partial charge in [0.15, 0.2) is 0 Å². The first kappa shape index (κ1) is 17.3. The Morgan fingerprint density at radius 1 is 1.19 bits per heavy atom. The molecule has 0 saturated carbocycles. The van der Waals surface area contributed by atoms with E-state index in [2.05, 4.69) is 5.32 Å². The molecule has 1 aromatic rings. The van der Waals surface area contributed by atoms with Crippen molar-refractivity contribution in [2.45, 2.75) is 45.8 Å². The minimum atomic E-state index is -4.36. The summed E-state index contributed by atoms with van der Waals surface area (Å²) in [5.74, 6) is -0.518. The third-order valence-electron chi connectivity index (χ3n) is 2.86. The first-order valence-corrected chi connectivity index (χ1v) is 6.81. The van der Waals surface area contributed by atoms with Gasteiger partial charge >= 0.3 is 6.18 Å². The second-order valence-electron chi connectivity index (χ2n) is 5.50. The van der Waals surface area contributed by atoms with Crippen molar-refractivity contribution in [1.29, 1.82) is 0 Å². The first-order chi connectivity index (χ1) is 9.61. The third-order valence-corrected chi connectivity index (χ3v) is 2.86. The van der Waals surface area contributed by atoms with Crippen LogP contribution in [0.5, 0.6) is 0 Å². The Bertz CT molecular complexity index is 531. The molecule has 2 nitrogen and oxygen atoms in total. The second-order valence-corrected chi connectivity index (χ2v) is 5.50. The molecule has 0 bridgehead atoms. The van der Waals surface area contributed by atoms with Crippen LogP contribution in [0.2, 0.25) is 0 Å². The van der Waals surface area contributed by atoms with E-state index in [1.54, 1.807) is 13.8 Å². The molecule has 1 amide bonds. The Balaban J connectivity index is 3.04. The highest BCUT2D eigenvalue weighted by atomic mass is 19.4. The maximum absolute atomic E-state index is 12.9. The summed E-state index contributed by atoms with van der Waals surface area (Å²) in [6, 6.07) is 3.93. The highest BCUT2D eigenvalue weighted by Crippen LogP contribution is 2.35. The molecule has 0 aliphatic carbocycles. The number of halogens is 3. The van der Waals surface area contributed by atoms with Crippen LogP contribution < -0.4 is 5.32 Å². The number of hydrogen-bond donors (Lipinski definition) is 1. The smallest absolute Gasteiger partial charge is 0.350 e. The third kappa shape index (κ3) is 5.25. The molecule has 0 aliphatic rings. The van der Waals surface area contributed by atoms with Gasteiger partial charge in [0, 0.05) is 12.1 Å². The lowest BCUT2D eigenvalue weighted by atomic mass is 9.94. The molecule has 0 radical (unpaired) electrons. The summed E-state index contributed by atoms with van der Waals surface area (Å²) in [6.45, 7) is 7.09. The van der Waals surface area contributed by atoms with Gasteiger partial charge in [-0.05, 0) is 43.0 Å². The van der Waals surface area contributed by atoms with Gasteiger partial charge in [-0.2, -0.15) is 13.2 Å². The number of nitrogens with one attached hydrogen (secondary N) is 1. The fourth-order valence-electron chi connectivity index (χ4n) is 1.93. The summed E-state index contributed by atoms with van der Waals surface area (Å²) in [5, 5.41) is 2.68. The Morgan fingerprint density at radius 2 is 1.81 bits per heavy atom. The molecule has 0 aromatic heterocycles. The molecule has 0 heterocycles. The molecule has 0 fully saturated rings. The van der Waals surface area contributed by atoms with Gasteiger partial charge in [-0.15, -0.1) is 0 Å². The van der Waals surface area contributed by atoms with E-state index >= 15 is 0 Å². The van der Waals surface area contributed by atoms with Crippen LogP contribution in [0.3, 0.4) is 0 Å². The summed E-state index contributed by atoms with van der Waals surface area (Å²) in [4.78, 5) is 11.5. The minimum Gasteiger partial charge on any atom is -0.350 e. The number of carbonyl (C=O) groups is 1. The van der Waals surface area contributed by atoms with Crippen LogP contribution in [-0.4, -0.2) is 11.9 Å². The van der Waals surface area contributed by atoms with Gasteiger partial charge < -0.3 is 5.32 Å². The molecule has 0 saturated heterocycles. The van der Waals surface area contributed by atoms with Crippen molar-refractivity contribution in [3.05, 3.63) is 41.0 Å². The van der Waals surface area contributed by atoms with Gasteiger partial charge in [-0.3, -0.25) is 4.79 Å². The zero-order valence-corrected chi connectivity index (χ0v) is 12.6. The lowest BCUT2D eigenvalue weighted by Crippen LogP contribution is -2.28. The number of hydrogen-bond acceptors (Lipinski definition) is 1. The highest BCUT2D eigenvalue weighted by molar-refractivity contribution is 5.91. The van der Waals surface area contributed by atoms with Gasteiger partial charge in [0.2, 0.25) is 5.91 Å². The van der Waals surface area contributed by atoms with Crippen LogP contribution in [0.1, 0.15) is 50.3 Å². The quantitative estimate of drug-likeness (QED) is 0.822. The summed E-state index contributed by atoms with van der Waals surface area (Å²) in [5.41, 5.74) is 0.181. The maximum atomic E-state index is 12.9.